The first-order chi connectivity index (χ1) is 10.7. The largest absolute Gasteiger partial charge is 0.492 e. The van der Waals surface area contributed by atoms with Crippen molar-refractivity contribution >= 4 is 27.8 Å². The zero-order valence-electron chi connectivity index (χ0n) is 12.5. The summed E-state index contributed by atoms with van der Waals surface area (Å²) in [7, 11) is 0. The Kier molecular flexibility index (Phi) is 4.70. The Morgan fingerprint density at radius 2 is 1.95 bits per heavy atom. The molecule has 3 aromatic rings. The van der Waals surface area contributed by atoms with Gasteiger partial charge in [-0.1, -0.05) is 18.2 Å². The van der Waals surface area contributed by atoms with Crippen LogP contribution in [0.15, 0.2) is 35.7 Å². The van der Waals surface area contributed by atoms with E-state index < -0.39 is 0 Å². The third kappa shape index (κ3) is 3.64. The first-order valence-electron chi connectivity index (χ1n) is 7.04. The van der Waals surface area contributed by atoms with Crippen molar-refractivity contribution in [1.29, 1.82) is 0 Å². The molecule has 0 aliphatic carbocycles. The van der Waals surface area contributed by atoms with Gasteiger partial charge in [-0.15, -0.1) is 22.7 Å². The highest BCUT2D eigenvalue weighted by Gasteiger charge is 2.11. The number of para-hydroxylation sites is 1. The summed E-state index contributed by atoms with van der Waals surface area (Å²) in [5, 5.41) is 7.36. The quantitative estimate of drug-likeness (QED) is 0.681. The van der Waals surface area contributed by atoms with Gasteiger partial charge in [0.25, 0.3) is 0 Å². The summed E-state index contributed by atoms with van der Waals surface area (Å²) in [4.78, 5) is 10.2. The van der Waals surface area contributed by atoms with Crippen LogP contribution in [-0.2, 0) is 0 Å². The highest BCUT2D eigenvalue weighted by Crippen LogP contribution is 2.31. The lowest BCUT2D eigenvalue weighted by Crippen LogP contribution is -2.11. The molecule has 0 spiro atoms. The third-order valence-corrected chi connectivity index (χ3v) is 4.93. The molecule has 4 nitrogen and oxygen atoms in total. The molecule has 0 aliphatic rings. The maximum absolute atomic E-state index is 5.65. The van der Waals surface area contributed by atoms with Crippen LogP contribution in [0.25, 0.3) is 10.6 Å². The molecule has 6 heteroatoms. The van der Waals surface area contributed by atoms with E-state index in [0.717, 1.165) is 38.7 Å². The number of rotatable bonds is 6. The predicted molar refractivity (Wildman–Crippen MR) is 93.1 cm³/mol. The van der Waals surface area contributed by atoms with E-state index in [4.69, 9.17) is 4.74 Å². The molecule has 0 unspecified atom stereocenters. The topological polar surface area (TPSA) is 47.0 Å². The Morgan fingerprint density at radius 3 is 2.68 bits per heavy atom. The second kappa shape index (κ2) is 6.89. The van der Waals surface area contributed by atoms with Crippen molar-refractivity contribution in [3.05, 3.63) is 46.4 Å². The molecule has 0 atom stereocenters. The highest BCUT2D eigenvalue weighted by molar-refractivity contribution is 7.16. The van der Waals surface area contributed by atoms with E-state index in [9.17, 15) is 0 Å². The average molecular weight is 331 g/mol. The average Bonchev–Trinajstić information content (AvgIpc) is 3.11. The van der Waals surface area contributed by atoms with Gasteiger partial charge in [0.2, 0.25) is 0 Å². The molecule has 0 fully saturated rings. The van der Waals surface area contributed by atoms with Gasteiger partial charge in [0.05, 0.1) is 27.8 Å². The summed E-state index contributed by atoms with van der Waals surface area (Å²) in [6, 6.07) is 9.82. The Labute approximate surface area is 137 Å². The SMILES string of the molecule is Cc1nc(C)c(-c2csc(NCCOc3ccccc3)n2)s1. The summed E-state index contributed by atoms with van der Waals surface area (Å²) in [5.41, 5.74) is 2.05. The van der Waals surface area contributed by atoms with E-state index in [2.05, 4.69) is 20.7 Å². The highest BCUT2D eigenvalue weighted by atomic mass is 32.1. The van der Waals surface area contributed by atoms with Crippen molar-refractivity contribution in [3.63, 3.8) is 0 Å². The normalized spacial score (nSPS) is 10.6. The number of ether oxygens (including phenoxy) is 1. The van der Waals surface area contributed by atoms with Crippen LogP contribution < -0.4 is 10.1 Å². The summed E-state index contributed by atoms with van der Waals surface area (Å²) < 4.78 is 5.65. The number of aryl methyl sites for hydroxylation is 2. The molecule has 3 rings (SSSR count). The van der Waals surface area contributed by atoms with E-state index >= 15 is 0 Å². The number of anilines is 1. The maximum atomic E-state index is 5.65. The van der Waals surface area contributed by atoms with E-state index in [0.29, 0.717) is 6.61 Å². The lowest BCUT2D eigenvalue weighted by Gasteiger charge is -2.06. The number of nitrogens with one attached hydrogen (secondary N) is 1. The van der Waals surface area contributed by atoms with Crippen LogP contribution in [0.2, 0.25) is 0 Å². The van der Waals surface area contributed by atoms with Crippen molar-refractivity contribution in [3.8, 4) is 16.3 Å². The van der Waals surface area contributed by atoms with Crippen LogP contribution in [0.4, 0.5) is 5.13 Å². The Bertz CT molecular complexity index is 737. The Morgan fingerprint density at radius 1 is 1.14 bits per heavy atom. The molecular formula is C16H17N3OS2. The molecule has 0 saturated carbocycles. The number of hydrogen-bond acceptors (Lipinski definition) is 6. The summed E-state index contributed by atoms with van der Waals surface area (Å²) in [5.74, 6) is 0.889. The van der Waals surface area contributed by atoms with Crippen LogP contribution in [0.5, 0.6) is 5.75 Å². The molecule has 0 radical (unpaired) electrons. The Hall–Kier alpha value is -1.92. The molecule has 0 bridgehead atoms. The lowest BCUT2D eigenvalue weighted by molar-refractivity contribution is 0.333. The van der Waals surface area contributed by atoms with Gasteiger partial charge in [0.15, 0.2) is 5.13 Å². The third-order valence-electron chi connectivity index (χ3n) is 3.03. The van der Waals surface area contributed by atoms with Gasteiger partial charge in [-0.2, -0.15) is 0 Å². The molecule has 2 aromatic heterocycles. The molecule has 1 aromatic carbocycles. The van der Waals surface area contributed by atoms with Crippen molar-refractivity contribution in [1.82, 2.24) is 9.97 Å². The second-order valence-corrected chi connectivity index (χ2v) is 6.83. The molecule has 0 saturated heterocycles. The molecule has 22 heavy (non-hydrogen) atoms. The fraction of sp³-hybridized carbons (Fsp3) is 0.250. The summed E-state index contributed by atoms with van der Waals surface area (Å²) in [6.45, 7) is 5.38. The van der Waals surface area contributed by atoms with Gasteiger partial charge < -0.3 is 10.1 Å². The number of hydrogen-bond donors (Lipinski definition) is 1. The number of nitrogens with zero attached hydrogens (tertiary/aromatic N) is 2. The Balaban J connectivity index is 1.53. The lowest BCUT2D eigenvalue weighted by atomic mass is 10.3. The molecule has 114 valence electrons. The van der Waals surface area contributed by atoms with E-state index in [1.54, 1.807) is 22.7 Å². The van der Waals surface area contributed by atoms with E-state index in [-0.39, 0.29) is 0 Å². The van der Waals surface area contributed by atoms with Gasteiger partial charge in [-0.3, -0.25) is 0 Å². The maximum Gasteiger partial charge on any atom is 0.183 e. The molecule has 0 amide bonds. The standard InChI is InChI=1S/C16H17N3OS2/c1-11-15(22-12(2)18-11)14-10-21-16(19-14)17-8-9-20-13-6-4-3-5-7-13/h3-7,10H,8-9H2,1-2H3,(H,17,19). The number of thiazole rings is 2. The van der Waals surface area contributed by atoms with Crippen LogP contribution >= 0.6 is 22.7 Å². The predicted octanol–water partition coefficient (Wildman–Crippen LogP) is 4.37. The van der Waals surface area contributed by atoms with Crippen molar-refractivity contribution in [2.45, 2.75) is 13.8 Å². The van der Waals surface area contributed by atoms with Crippen LogP contribution in [0.1, 0.15) is 10.7 Å². The smallest absolute Gasteiger partial charge is 0.183 e. The first kappa shape index (κ1) is 15.0. The molecular weight excluding hydrogens is 314 g/mol. The molecule has 2 heterocycles. The number of benzene rings is 1. The van der Waals surface area contributed by atoms with Crippen molar-refractivity contribution < 1.29 is 4.74 Å². The monoisotopic (exact) mass is 331 g/mol. The first-order valence-corrected chi connectivity index (χ1v) is 8.73. The minimum atomic E-state index is 0.609. The van der Waals surface area contributed by atoms with Gasteiger partial charge in [0.1, 0.15) is 12.4 Å². The van der Waals surface area contributed by atoms with Crippen LogP contribution in [0.3, 0.4) is 0 Å². The van der Waals surface area contributed by atoms with Crippen LogP contribution in [-0.4, -0.2) is 23.1 Å². The summed E-state index contributed by atoms with van der Waals surface area (Å²) >= 11 is 3.30. The zero-order chi connectivity index (χ0) is 15.4. The van der Waals surface area contributed by atoms with Gasteiger partial charge in [-0.05, 0) is 26.0 Å². The minimum Gasteiger partial charge on any atom is -0.492 e. The summed E-state index contributed by atoms with van der Waals surface area (Å²) in [6.07, 6.45) is 0. The fourth-order valence-corrected chi connectivity index (χ4v) is 3.76. The van der Waals surface area contributed by atoms with Crippen LogP contribution in [0, 0.1) is 13.8 Å². The minimum absolute atomic E-state index is 0.609. The number of aromatic nitrogens is 2. The molecule has 0 aliphatic heterocycles. The molecule has 1 N–H and O–H groups in total. The zero-order valence-corrected chi connectivity index (χ0v) is 14.1. The van der Waals surface area contributed by atoms with Gasteiger partial charge in [0, 0.05) is 5.38 Å². The van der Waals surface area contributed by atoms with Crippen molar-refractivity contribution in [2.24, 2.45) is 0 Å². The van der Waals surface area contributed by atoms with E-state index in [1.807, 2.05) is 44.2 Å². The fourth-order valence-electron chi connectivity index (χ4n) is 2.07. The van der Waals surface area contributed by atoms with E-state index in [1.165, 1.54) is 0 Å². The second-order valence-electron chi connectivity index (χ2n) is 4.77. The van der Waals surface area contributed by atoms with Crippen molar-refractivity contribution in [2.75, 3.05) is 18.5 Å². The van der Waals surface area contributed by atoms with Gasteiger partial charge >= 0.3 is 0 Å². The van der Waals surface area contributed by atoms with Gasteiger partial charge in [-0.25, -0.2) is 9.97 Å².